The molecule has 0 saturated carbocycles. The summed E-state index contributed by atoms with van der Waals surface area (Å²) in [6, 6.07) is 19.4. The van der Waals surface area contributed by atoms with Gasteiger partial charge in [0.2, 0.25) is 0 Å². The zero-order chi connectivity index (χ0) is 20.5. The Labute approximate surface area is 175 Å². The highest BCUT2D eigenvalue weighted by Gasteiger charge is 2.27. The van der Waals surface area contributed by atoms with E-state index in [2.05, 4.69) is 60.5 Å². The van der Waals surface area contributed by atoms with Crippen LogP contribution in [0.4, 0.5) is 0 Å². The lowest BCUT2D eigenvalue weighted by Gasteiger charge is -2.32. The third-order valence-corrected chi connectivity index (χ3v) is 6.21. The van der Waals surface area contributed by atoms with Gasteiger partial charge in [-0.2, -0.15) is 0 Å². The Morgan fingerprint density at radius 3 is 2.55 bits per heavy atom. The van der Waals surface area contributed by atoms with Crippen molar-refractivity contribution in [3.8, 4) is 5.75 Å². The van der Waals surface area contributed by atoms with E-state index in [0.717, 1.165) is 38.2 Å². The summed E-state index contributed by atoms with van der Waals surface area (Å²) >= 11 is 0. The Kier molecular flexibility index (Phi) is 8.53. The van der Waals surface area contributed by atoms with Gasteiger partial charge in [-0.25, -0.2) is 0 Å². The van der Waals surface area contributed by atoms with E-state index in [-0.39, 0.29) is 6.61 Å². The number of benzene rings is 2. The molecular formula is C25H36N2O2. The molecule has 0 bridgehead atoms. The van der Waals surface area contributed by atoms with E-state index < -0.39 is 0 Å². The molecule has 0 amide bonds. The second kappa shape index (κ2) is 11.3. The Balaban J connectivity index is 1.50. The predicted molar refractivity (Wildman–Crippen MR) is 119 cm³/mol. The molecule has 29 heavy (non-hydrogen) atoms. The van der Waals surface area contributed by atoms with Crippen molar-refractivity contribution in [1.82, 2.24) is 10.2 Å². The molecule has 1 heterocycles. The van der Waals surface area contributed by atoms with Gasteiger partial charge >= 0.3 is 0 Å². The normalized spacial score (nSPS) is 19.2. The van der Waals surface area contributed by atoms with E-state index >= 15 is 0 Å². The number of ether oxygens (including phenoxy) is 1. The van der Waals surface area contributed by atoms with Crippen LogP contribution >= 0.6 is 0 Å². The van der Waals surface area contributed by atoms with Gasteiger partial charge < -0.3 is 15.2 Å². The monoisotopic (exact) mass is 396 g/mol. The van der Waals surface area contributed by atoms with Crippen molar-refractivity contribution in [3.05, 3.63) is 65.7 Å². The molecule has 4 heteroatoms. The number of nitrogens with one attached hydrogen (secondary N) is 1. The zero-order valence-electron chi connectivity index (χ0n) is 17.9. The zero-order valence-corrected chi connectivity index (χ0v) is 17.9. The fourth-order valence-electron chi connectivity index (χ4n) is 4.02. The van der Waals surface area contributed by atoms with Crippen molar-refractivity contribution in [2.75, 3.05) is 19.7 Å². The highest BCUT2D eigenvalue weighted by atomic mass is 16.5. The number of hydrogen-bond acceptors (Lipinski definition) is 4. The summed E-state index contributed by atoms with van der Waals surface area (Å²) in [6.07, 6.45) is 3.47. The van der Waals surface area contributed by atoms with E-state index in [1.807, 2.05) is 18.2 Å². The van der Waals surface area contributed by atoms with Gasteiger partial charge in [0.25, 0.3) is 0 Å². The minimum atomic E-state index is 0.275. The van der Waals surface area contributed by atoms with Gasteiger partial charge in [0.05, 0.1) is 6.61 Å². The molecule has 2 aromatic carbocycles. The fourth-order valence-corrected chi connectivity index (χ4v) is 4.02. The van der Waals surface area contributed by atoms with Gasteiger partial charge in [0.15, 0.2) is 0 Å². The first-order chi connectivity index (χ1) is 14.2. The van der Waals surface area contributed by atoms with Crippen molar-refractivity contribution < 1.29 is 9.84 Å². The van der Waals surface area contributed by atoms with Crippen molar-refractivity contribution in [1.29, 1.82) is 0 Å². The minimum Gasteiger partial charge on any atom is -0.489 e. The molecule has 1 aliphatic rings. The van der Waals surface area contributed by atoms with Crippen LogP contribution in [0.1, 0.15) is 44.2 Å². The van der Waals surface area contributed by atoms with Crippen molar-refractivity contribution >= 4 is 0 Å². The van der Waals surface area contributed by atoms with Crippen LogP contribution in [0.25, 0.3) is 0 Å². The number of hydrogen-bond donors (Lipinski definition) is 2. The lowest BCUT2D eigenvalue weighted by molar-refractivity contribution is 0.136. The first-order valence-corrected chi connectivity index (χ1v) is 11.0. The minimum absolute atomic E-state index is 0.275. The molecular weight excluding hydrogens is 360 g/mol. The largest absolute Gasteiger partial charge is 0.489 e. The molecule has 3 rings (SSSR count). The molecule has 3 unspecified atom stereocenters. The van der Waals surface area contributed by atoms with Crippen LogP contribution in [0.15, 0.2) is 54.6 Å². The Morgan fingerprint density at radius 1 is 1.10 bits per heavy atom. The quantitative estimate of drug-likeness (QED) is 0.597. The first-order valence-electron chi connectivity index (χ1n) is 11.0. The third kappa shape index (κ3) is 6.56. The van der Waals surface area contributed by atoms with Crippen LogP contribution in [0.3, 0.4) is 0 Å². The summed E-state index contributed by atoms with van der Waals surface area (Å²) in [5.41, 5.74) is 2.45. The van der Waals surface area contributed by atoms with E-state index in [1.165, 1.54) is 17.5 Å². The van der Waals surface area contributed by atoms with Crippen molar-refractivity contribution in [3.63, 3.8) is 0 Å². The lowest BCUT2D eigenvalue weighted by Crippen LogP contribution is -2.46. The SMILES string of the molecule is CCC(C)C(CN1CCCC1CO)NCc1ccc(OCc2ccccc2)cc1. The molecule has 0 aromatic heterocycles. The van der Waals surface area contributed by atoms with Crippen LogP contribution in [0.2, 0.25) is 0 Å². The number of nitrogens with zero attached hydrogens (tertiary/aromatic N) is 1. The van der Waals surface area contributed by atoms with Crippen LogP contribution in [-0.2, 0) is 13.2 Å². The average Bonchev–Trinajstić information content (AvgIpc) is 3.23. The molecule has 1 aliphatic heterocycles. The molecule has 2 aromatic rings. The first kappa shape index (κ1) is 21.8. The van der Waals surface area contributed by atoms with Gasteiger partial charge in [-0.05, 0) is 48.6 Å². The maximum atomic E-state index is 9.62. The number of aliphatic hydroxyl groups excluding tert-OH is 1. The van der Waals surface area contributed by atoms with Crippen LogP contribution in [0, 0.1) is 5.92 Å². The van der Waals surface area contributed by atoms with Gasteiger partial charge in [0.1, 0.15) is 12.4 Å². The summed E-state index contributed by atoms with van der Waals surface area (Å²) in [6.45, 7) is 8.42. The number of aliphatic hydroxyl groups is 1. The highest BCUT2D eigenvalue weighted by molar-refractivity contribution is 5.27. The summed E-state index contributed by atoms with van der Waals surface area (Å²) in [5.74, 6) is 1.50. The van der Waals surface area contributed by atoms with Crippen LogP contribution in [0.5, 0.6) is 5.75 Å². The summed E-state index contributed by atoms with van der Waals surface area (Å²) in [5, 5.41) is 13.4. The molecule has 1 saturated heterocycles. The van der Waals surface area contributed by atoms with Crippen molar-refractivity contribution in [2.24, 2.45) is 5.92 Å². The molecule has 3 atom stereocenters. The van der Waals surface area contributed by atoms with E-state index in [0.29, 0.717) is 24.6 Å². The standard InChI is InChI=1S/C25H36N2O2/c1-3-20(2)25(17-27-15-7-10-23(27)18-28)26-16-21-11-13-24(14-12-21)29-19-22-8-5-4-6-9-22/h4-6,8-9,11-14,20,23,25-26,28H,3,7,10,15-19H2,1-2H3. The number of rotatable bonds is 11. The summed E-state index contributed by atoms with van der Waals surface area (Å²) in [7, 11) is 0. The molecule has 158 valence electrons. The van der Waals surface area contributed by atoms with Gasteiger partial charge in [-0.3, -0.25) is 4.90 Å². The lowest BCUT2D eigenvalue weighted by atomic mass is 9.98. The average molecular weight is 397 g/mol. The van der Waals surface area contributed by atoms with E-state index in [1.54, 1.807) is 0 Å². The second-order valence-electron chi connectivity index (χ2n) is 8.26. The van der Waals surface area contributed by atoms with Crippen LogP contribution < -0.4 is 10.1 Å². The van der Waals surface area contributed by atoms with Gasteiger partial charge in [-0.15, -0.1) is 0 Å². The highest BCUT2D eigenvalue weighted by Crippen LogP contribution is 2.20. The van der Waals surface area contributed by atoms with Gasteiger partial charge in [-0.1, -0.05) is 62.7 Å². The van der Waals surface area contributed by atoms with E-state index in [9.17, 15) is 5.11 Å². The Hall–Kier alpha value is -1.88. The second-order valence-corrected chi connectivity index (χ2v) is 8.26. The molecule has 1 fully saturated rings. The molecule has 0 aliphatic carbocycles. The summed E-state index contributed by atoms with van der Waals surface area (Å²) < 4.78 is 5.89. The third-order valence-electron chi connectivity index (χ3n) is 6.21. The fraction of sp³-hybridized carbons (Fsp3) is 0.520. The summed E-state index contributed by atoms with van der Waals surface area (Å²) in [4.78, 5) is 2.46. The predicted octanol–water partition coefficient (Wildman–Crippen LogP) is 4.23. The maximum absolute atomic E-state index is 9.62. The Morgan fingerprint density at radius 2 is 1.86 bits per heavy atom. The molecule has 0 radical (unpaired) electrons. The van der Waals surface area contributed by atoms with Crippen molar-refractivity contribution in [2.45, 2.75) is 58.3 Å². The Bertz CT molecular complexity index is 705. The molecule has 0 spiro atoms. The van der Waals surface area contributed by atoms with Crippen LogP contribution in [-0.4, -0.2) is 41.8 Å². The molecule has 4 nitrogen and oxygen atoms in total. The number of likely N-dealkylation sites (tertiary alicyclic amines) is 1. The van der Waals surface area contributed by atoms with Gasteiger partial charge in [0, 0.05) is 25.2 Å². The topological polar surface area (TPSA) is 44.7 Å². The maximum Gasteiger partial charge on any atom is 0.119 e. The smallest absolute Gasteiger partial charge is 0.119 e. The molecule has 2 N–H and O–H groups in total. The van der Waals surface area contributed by atoms with E-state index in [4.69, 9.17) is 4.74 Å².